The Morgan fingerprint density at radius 1 is 1.35 bits per heavy atom. The van der Waals surface area contributed by atoms with Gasteiger partial charge in [0.1, 0.15) is 5.82 Å². The fourth-order valence-corrected chi connectivity index (χ4v) is 2.74. The molecule has 1 aromatic carbocycles. The number of halogens is 1. The molecule has 1 heterocycles. The van der Waals surface area contributed by atoms with Gasteiger partial charge in [-0.3, -0.25) is 4.84 Å². The van der Waals surface area contributed by atoms with Gasteiger partial charge < -0.3 is 9.45 Å². The molecular weight excluding hydrogens is 283 g/mol. The third kappa shape index (κ3) is 3.99. The van der Waals surface area contributed by atoms with Crippen molar-refractivity contribution in [2.45, 2.75) is 12.7 Å². The largest absolute Gasteiger partial charge is 0.366 e. The summed E-state index contributed by atoms with van der Waals surface area (Å²) in [6, 6.07) is 4.70. The van der Waals surface area contributed by atoms with Gasteiger partial charge >= 0.3 is 0 Å². The standard InChI is InChI=1S/C13H19FN2O3S/c1-2-19-16-7-5-15(6-8-16)13-4-3-11(9-12(13)14)10-20(17)18/h3-4,9H,2,5-8,10H2,1H3,(H,17,18). The Morgan fingerprint density at radius 3 is 2.60 bits per heavy atom. The molecule has 0 spiro atoms. The normalized spacial score (nSPS) is 18.2. The molecule has 0 bridgehead atoms. The van der Waals surface area contributed by atoms with Crippen molar-refractivity contribution in [1.82, 2.24) is 5.06 Å². The van der Waals surface area contributed by atoms with Crippen molar-refractivity contribution in [3.8, 4) is 0 Å². The van der Waals surface area contributed by atoms with Crippen LogP contribution in [0.3, 0.4) is 0 Å². The van der Waals surface area contributed by atoms with Crippen molar-refractivity contribution in [3.05, 3.63) is 29.6 Å². The highest BCUT2D eigenvalue weighted by Gasteiger charge is 2.19. The Labute approximate surface area is 120 Å². The Kier molecular flexibility index (Phi) is 5.47. The van der Waals surface area contributed by atoms with Gasteiger partial charge in [-0.05, 0) is 24.6 Å². The second-order valence-electron chi connectivity index (χ2n) is 4.59. The van der Waals surface area contributed by atoms with Gasteiger partial charge in [0.05, 0.1) is 18.0 Å². The molecule has 0 aromatic heterocycles. The van der Waals surface area contributed by atoms with Crippen LogP contribution in [0.1, 0.15) is 12.5 Å². The fourth-order valence-electron chi connectivity index (χ4n) is 2.28. The predicted octanol–water partition coefficient (Wildman–Crippen LogP) is 1.62. The van der Waals surface area contributed by atoms with Crippen LogP contribution in [-0.4, -0.2) is 46.6 Å². The molecule has 1 unspecified atom stereocenters. The molecule has 1 N–H and O–H groups in total. The van der Waals surface area contributed by atoms with E-state index in [1.165, 1.54) is 6.07 Å². The number of piperazine rings is 1. The van der Waals surface area contributed by atoms with Crippen LogP contribution in [0.15, 0.2) is 18.2 Å². The van der Waals surface area contributed by atoms with Crippen molar-refractivity contribution in [1.29, 1.82) is 0 Å². The van der Waals surface area contributed by atoms with E-state index in [2.05, 4.69) is 0 Å². The zero-order chi connectivity index (χ0) is 14.5. The van der Waals surface area contributed by atoms with E-state index >= 15 is 0 Å². The Balaban J connectivity index is 2.01. The summed E-state index contributed by atoms with van der Waals surface area (Å²) in [5.74, 6) is -0.396. The summed E-state index contributed by atoms with van der Waals surface area (Å²) in [6.07, 6.45) is 0. The van der Waals surface area contributed by atoms with Crippen molar-refractivity contribution in [2.75, 3.05) is 37.7 Å². The molecule has 1 saturated heterocycles. The number of hydrogen-bond donors (Lipinski definition) is 1. The summed E-state index contributed by atoms with van der Waals surface area (Å²) in [7, 11) is 0. The van der Waals surface area contributed by atoms with Crippen molar-refractivity contribution < 1.29 is 18.0 Å². The quantitative estimate of drug-likeness (QED) is 0.838. The van der Waals surface area contributed by atoms with Crippen LogP contribution in [0.4, 0.5) is 10.1 Å². The lowest BCUT2D eigenvalue weighted by Gasteiger charge is -2.35. The van der Waals surface area contributed by atoms with Crippen LogP contribution >= 0.6 is 0 Å². The molecule has 0 saturated carbocycles. The maximum absolute atomic E-state index is 14.1. The summed E-state index contributed by atoms with van der Waals surface area (Å²) in [5, 5.41) is 1.89. The second kappa shape index (κ2) is 7.12. The van der Waals surface area contributed by atoms with E-state index in [4.69, 9.17) is 9.39 Å². The highest BCUT2D eigenvalue weighted by molar-refractivity contribution is 7.78. The molecule has 112 valence electrons. The lowest BCUT2D eigenvalue weighted by Crippen LogP contribution is -2.46. The van der Waals surface area contributed by atoms with Gasteiger partial charge in [0, 0.05) is 26.2 Å². The molecule has 0 aliphatic carbocycles. The van der Waals surface area contributed by atoms with E-state index in [-0.39, 0.29) is 11.6 Å². The molecule has 1 aliphatic heterocycles. The van der Waals surface area contributed by atoms with Gasteiger partial charge in [0.25, 0.3) is 0 Å². The van der Waals surface area contributed by atoms with Crippen LogP contribution in [0.2, 0.25) is 0 Å². The zero-order valence-electron chi connectivity index (χ0n) is 11.4. The first kappa shape index (κ1) is 15.4. The number of anilines is 1. The molecular formula is C13H19FN2O3S. The lowest BCUT2D eigenvalue weighted by atomic mass is 10.2. The highest BCUT2D eigenvalue weighted by atomic mass is 32.2. The molecule has 0 radical (unpaired) electrons. The van der Waals surface area contributed by atoms with Crippen LogP contribution in [-0.2, 0) is 21.7 Å². The summed E-state index contributed by atoms with van der Waals surface area (Å²) in [5.41, 5.74) is 1.06. The molecule has 5 nitrogen and oxygen atoms in total. The molecule has 7 heteroatoms. The number of hydrogen-bond acceptors (Lipinski definition) is 4. The van der Waals surface area contributed by atoms with Gasteiger partial charge in [-0.1, -0.05) is 6.07 Å². The maximum Gasteiger partial charge on any atom is 0.157 e. The number of rotatable bonds is 5. The number of nitrogens with zero attached hydrogens (tertiary/aromatic N) is 2. The Morgan fingerprint density at radius 2 is 2.05 bits per heavy atom. The van der Waals surface area contributed by atoms with Gasteiger partial charge in [0.2, 0.25) is 0 Å². The number of benzene rings is 1. The van der Waals surface area contributed by atoms with Crippen LogP contribution in [0, 0.1) is 5.82 Å². The molecule has 0 amide bonds. The predicted molar refractivity (Wildman–Crippen MR) is 76.3 cm³/mol. The fraction of sp³-hybridized carbons (Fsp3) is 0.538. The van der Waals surface area contributed by atoms with Crippen LogP contribution in [0.25, 0.3) is 0 Å². The number of hydroxylamine groups is 2. The highest BCUT2D eigenvalue weighted by Crippen LogP contribution is 2.22. The smallest absolute Gasteiger partial charge is 0.157 e. The van der Waals surface area contributed by atoms with E-state index < -0.39 is 11.1 Å². The summed E-state index contributed by atoms with van der Waals surface area (Å²) in [4.78, 5) is 7.37. The van der Waals surface area contributed by atoms with Crippen molar-refractivity contribution in [2.24, 2.45) is 0 Å². The maximum atomic E-state index is 14.1. The summed E-state index contributed by atoms with van der Waals surface area (Å²) in [6.45, 7) is 5.44. The lowest BCUT2D eigenvalue weighted by molar-refractivity contribution is -0.156. The van der Waals surface area contributed by atoms with E-state index in [1.807, 2.05) is 16.9 Å². The van der Waals surface area contributed by atoms with Gasteiger partial charge in [-0.2, -0.15) is 5.06 Å². The van der Waals surface area contributed by atoms with Gasteiger partial charge in [-0.25, -0.2) is 8.60 Å². The molecule has 1 aliphatic rings. The average Bonchev–Trinajstić information content (AvgIpc) is 2.40. The van der Waals surface area contributed by atoms with E-state index in [0.717, 1.165) is 13.1 Å². The van der Waals surface area contributed by atoms with Crippen LogP contribution < -0.4 is 4.90 Å². The first-order valence-electron chi connectivity index (χ1n) is 6.59. The molecule has 1 aromatic rings. The third-order valence-corrected chi connectivity index (χ3v) is 3.77. The minimum atomic E-state index is -1.95. The van der Waals surface area contributed by atoms with Gasteiger partial charge in [-0.15, -0.1) is 0 Å². The van der Waals surface area contributed by atoms with Crippen molar-refractivity contribution >= 4 is 16.8 Å². The van der Waals surface area contributed by atoms with E-state index in [0.29, 0.717) is 30.9 Å². The average molecular weight is 302 g/mol. The minimum absolute atomic E-state index is 0.0463. The summed E-state index contributed by atoms with van der Waals surface area (Å²) >= 11 is -1.95. The molecule has 1 fully saturated rings. The molecule has 2 rings (SSSR count). The first-order valence-corrected chi connectivity index (χ1v) is 7.86. The first-order chi connectivity index (χ1) is 9.60. The SMILES string of the molecule is CCON1CCN(c2ccc(CS(=O)O)cc2F)CC1. The Hall–Kier alpha value is -1.02. The second-order valence-corrected chi connectivity index (χ2v) is 5.52. The summed E-state index contributed by atoms with van der Waals surface area (Å²) < 4.78 is 33.6. The van der Waals surface area contributed by atoms with Gasteiger partial charge in [0.15, 0.2) is 11.1 Å². The van der Waals surface area contributed by atoms with Crippen molar-refractivity contribution in [3.63, 3.8) is 0 Å². The minimum Gasteiger partial charge on any atom is -0.366 e. The molecule has 20 heavy (non-hydrogen) atoms. The van der Waals surface area contributed by atoms with E-state index in [1.54, 1.807) is 12.1 Å². The molecule has 1 atom stereocenters. The third-order valence-electron chi connectivity index (χ3n) is 3.19. The Bertz CT molecular complexity index is 479. The van der Waals surface area contributed by atoms with Crippen LogP contribution in [0.5, 0.6) is 0 Å². The van der Waals surface area contributed by atoms with E-state index in [9.17, 15) is 8.60 Å². The topological polar surface area (TPSA) is 53.0 Å². The monoisotopic (exact) mass is 302 g/mol. The zero-order valence-corrected chi connectivity index (χ0v) is 12.2.